The van der Waals surface area contributed by atoms with E-state index in [1.54, 1.807) is 30.2 Å². The molecule has 1 aromatic heterocycles. The molecule has 4 aromatic rings. The summed E-state index contributed by atoms with van der Waals surface area (Å²) in [6.45, 7) is 2.31. The first-order valence-corrected chi connectivity index (χ1v) is 14.5. The fourth-order valence-electron chi connectivity index (χ4n) is 5.58. The van der Waals surface area contributed by atoms with E-state index in [2.05, 4.69) is 17.1 Å². The number of aryl methyl sites for hydroxylation is 1. The van der Waals surface area contributed by atoms with E-state index in [0.717, 1.165) is 23.3 Å². The largest absolute Gasteiger partial charge is 0.493 e. The van der Waals surface area contributed by atoms with Crippen LogP contribution in [0.15, 0.2) is 79.0 Å². The number of methoxy groups -OCH3 is 1. The SMILES string of the molecule is COc1ccc(N2Cc3ccc(CN4C(=O)c5cnc(C(=O)NN)cc5C4=O)cc3C2=O)cc1OC(C)CCc1ccccc1. The lowest BCUT2D eigenvalue weighted by molar-refractivity contribution is 0.0642. The van der Waals surface area contributed by atoms with Crippen LogP contribution in [0.5, 0.6) is 11.5 Å². The van der Waals surface area contributed by atoms with E-state index < -0.39 is 17.7 Å². The molecule has 45 heavy (non-hydrogen) atoms. The molecule has 3 heterocycles. The summed E-state index contributed by atoms with van der Waals surface area (Å²) in [5.41, 5.74) is 5.88. The van der Waals surface area contributed by atoms with E-state index in [0.29, 0.717) is 34.9 Å². The van der Waals surface area contributed by atoms with Gasteiger partial charge in [-0.3, -0.25) is 34.5 Å². The van der Waals surface area contributed by atoms with Crippen molar-refractivity contribution in [2.24, 2.45) is 5.84 Å². The number of fused-ring (bicyclic) bond motifs is 2. The molecule has 0 saturated carbocycles. The quantitative estimate of drug-likeness (QED) is 0.119. The summed E-state index contributed by atoms with van der Waals surface area (Å²) in [6, 6.07) is 22.2. The number of ether oxygens (including phenoxy) is 2. The van der Waals surface area contributed by atoms with Gasteiger partial charge in [0.15, 0.2) is 11.5 Å². The van der Waals surface area contributed by atoms with Gasteiger partial charge in [-0.2, -0.15) is 0 Å². The smallest absolute Gasteiger partial charge is 0.283 e. The average molecular weight is 606 g/mol. The first kappa shape index (κ1) is 29.5. The summed E-state index contributed by atoms with van der Waals surface area (Å²) >= 11 is 0. The number of hydrazine groups is 1. The Morgan fingerprint density at radius 2 is 1.69 bits per heavy atom. The Bertz CT molecular complexity index is 1830. The molecule has 228 valence electrons. The van der Waals surface area contributed by atoms with E-state index in [1.165, 1.54) is 17.8 Å². The number of anilines is 1. The van der Waals surface area contributed by atoms with Gasteiger partial charge in [0.1, 0.15) is 5.69 Å². The monoisotopic (exact) mass is 605 g/mol. The number of nitrogen functional groups attached to an aromatic ring is 1. The first-order valence-electron chi connectivity index (χ1n) is 14.5. The zero-order valence-electron chi connectivity index (χ0n) is 24.8. The number of nitrogens with zero attached hydrogens (tertiary/aromatic N) is 3. The number of amides is 4. The van der Waals surface area contributed by atoms with Gasteiger partial charge >= 0.3 is 0 Å². The van der Waals surface area contributed by atoms with Crippen molar-refractivity contribution in [3.05, 3.63) is 118 Å². The molecule has 0 radical (unpaired) electrons. The summed E-state index contributed by atoms with van der Waals surface area (Å²) in [7, 11) is 1.58. The number of benzene rings is 3. The zero-order chi connectivity index (χ0) is 31.7. The molecule has 3 N–H and O–H groups in total. The summed E-state index contributed by atoms with van der Waals surface area (Å²) in [6.07, 6.45) is 2.78. The molecular weight excluding hydrogens is 574 g/mol. The number of hydrogen-bond donors (Lipinski definition) is 2. The van der Waals surface area contributed by atoms with Crippen LogP contribution in [-0.2, 0) is 19.5 Å². The van der Waals surface area contributed by atoms with Gasteiger partial charge in [0.05, 0.1) is 37.4 Å². The number of carbonyl (C=O) groups excluding carboxylic acids is 4. The van der Waals surface area contributed by atoms with Crippen LogP contribution in [0.25, 0.3) is 0 Å². The van der Waals surface area contributed by atoms with Crippen LogP contribution in [0, 0.1) is 0 Å². The molecule has 0 spiro atoms. The fraction of sp³-hybridized carbons (Fsp3) is 0.206. The predicted octanol–water partition coefficient (Wildman–Crippen LogP) is 4.05. The third-order valence-corrected chi connectivity index (χ3v) is 8.01. The number of rotatable bonds is 10. The molecule has 1 atom stereocenters. The van der Waals surface area contributed by atoms with Gasteiger partial charge in [-0.15, -0.1) is 0 Å². The van der Waals surface area contributed by atoms with Crippen LogP contribution in [0.4, 0.5) is 5.69 Å². The van der Waals surface area contributed by atoms with Gasteiger partial charge in [0, 0.05) is 23.5 Å². The maximum absolute atomic E-state index is 13.6. The molecule has 2 aliphatic rings. The maximum Gasteiger partial charge on any atom is 0.283 e. The standard InChI is InChI=1S/C34H31N5O6/c1-20(8-9-21-6-4-3-5-7-21)45-30-15-24(12-13-29(30)44-2)38-19-23-11-10-22(14-25(23)32(38)41)18-39-33(42)26-16-28(31(40)37-35)36-17-27(26)34(39)43/h3-7,10-17,20H,8-9,18-19,35H2,1-2H3,(H,37,40). The van der Waals surface area contributed by atoms with E-state index in [1.807, 2.05) is 48.7 Å². The van der Waals surface area contributed by atoms with Crippen molar-refractivity contribution in [1.29, 1.82) is 0 Å². The molecule has 3 aromatic carbocycles. The number of imide groups is 1. The molecule has 0 fully saturated rings. The number of pyridine rings is 1. The van der Waals surface area contributed by atoms with Crippen molar-refractivity contribution in [2.75, 3.05) is 12.0 Å². The highest BCUT2D eigenvalue weighted by Gasteiger charge is 2.37. The Morgan fingerprint density at radius 1 is 0.911 bits per heavy atom. The third kappa shape index (κ3) is 5.73. The van der Waals surface area contributed by atoms with Gasteiger partial charge < -0.3 is 14.4 Å². The van der Waals surface area contributed by atoms with Gasteiger partial charge in [0.25, 0.3) is 23.6 Å². The fourth-order valence-corrected chi connectivity index (χ4v) is 5.58. The second-order valence-corrected chi connectivity index (χ2v) is 11.0. The summed E-state index contributed by atoms with van der Waals surface area (Å²) in [4.78, 5) is 58.3. The van der Waals surface area contributed by atoms with Crippen LogP contribution in [0.1, 0.15) is 71.6 Å². The highest BCUT2D eigenvalue weighted by atomic mass is 16.5. The highest BCUT2D eigenvalue weighted by molar-refractivity contribution is 6.21. The van der Waals surface area contributed by atoms with Crippen molar-refractivity contribution in [3.63, 3.8) is 0 Å². The van der Waals surface area contributed by atoms with Gasteiger partial charge in [-0.05, 0) is 60.7 Å². The highest BCUT2D eigenvalue weighted by Crippen LogP contribution is 2.37. The Hall–Kier alpha value is -5.55. The minimum atomic E-state index is -0.675. The van der Waals surface area contributed by atoms with Crippen LogP contribution in [0.3, 0.4) is 0 Å². The molecule has 11 heteroatoms. The van der Waals surface area contributed by atoms with Crippen molar-refractivity contribution in [2.45, 2.75) is 39.0 Å². The van der Waals surface area contributed by atoms with Crippen LogP contribution < -0.4 is 25.6 Å². The molecule has 6 rings (SSSR count). The van der Waals surface area contributed by atoms with Crippen LogP contribution >= 0.6 is 0 Å². The van der Waals surface area contributed by atoms with Gasteiger partial charge in [-0.1, -0.05) is 42.5 Å². The van der Waals surface area contributed by atoms with Crippen molar-refractivity contribution in [3.8, 4) is 11.5 Å². The van der Waals surface area contributed by atoms with Crippen LogP contribution in [0.2, 0.25) is 0 Å². The van der Waals surface area contributed by atoms with E-state index in [9.17, 15) is 19.2 Å². The van der Waals surface area contributed by atoms with Gasteiger partial charge in [-0.25, -0.2) is 5.84 Å². The van der Waals surface area contributed by atoms with Crippen LogP contribution in [-0.4, -0.2) is 46.7 Å². The second-order valence-electron chi connectivity index (χ2n) is 11.0. The molecule has 1 unspecified atom stereocenters. The second kappa shape index (κ2) is 12.2. The molecule has 4 amide bonds. The summed E-state index contributed by atoms with van der Waals surface area (Å²) in [5.74, 6) is 4.33. The van der Waals surface area contributed by atoms with Crippen molar-refractivity contribution < 1.29 is 28.7 Å². The number of aromatic nitrogens is 1. The lowest BCUT2D eigenvalue weighted by Crippen LogP contribution is -2.31. The van der Waals surface area contributed by atoms with E-state index >= 15 is 0 Å². The minimum absolute atomic E-state index is 0.0489. The number of nitrogens with one attached hydrogen (secondary N) is 1. The Kier molecular flexibility index (Phi) is 8.01. The Balaban J connectivity index is 1.16. The molecular formula is C34H31N5O6. The number of carbonyl (C=O) groups is 4. The van der Waals surface area contributed by atoms with E-state index in [-0.39, 0.29) is 35.4 Å². The average Bonchev–Trinajstić information content (AvgIpc) is 3.52. The zero-order valence-corrected chi connectivity index (χ0v) is 24.8. The number of hydrogen-bond acceptors (Lipinski definition) is 8. The number of nitrogens with two attached hydrogens (primary N) is 1. The lowest BCUT2D eigenvalue weighted by atomic mass is 10.1. The Labute approximate surface area is 259 Å². The minimum Gasteiger partial charge on any atom is -0.493 e. The first-order chi connectivity index (χ1) is 21.8. The summed E-state index contributed by atoms with van der Waals surface area (Å²) < 4.78 is 11.8. The molecule has 11 nitrogen and oxygen atoms in total. The van der Waals surface area contributed by atoms with Crippen molar-refractivity contribution >= 4 is 29.3 Å². The third-order valence-electron chi connectivity index (χ3n) is 8.01. The Morgan fingerprint density at radius 3 is 2.44 bits per heavy atom. The molecule has 0 saturated heterocycles. The normalized spacial score (nSPS) is 14.3. The predicted molar refractivity (Wildman–Crippen MR) is 165 cm³/mol. The lowest BCUT2D eigenvalue weighted by Gasteiger charge is -2.21. The topological polar surface area (TPSA) is 144 Å². The molecule has 0 aliphatic carbocycles. The molecule has 2 aliphatic heterocycles. The summed E-state index contributed by atoms with van der Waals surface area (Å²) in [5, 5.41) is 0. The molecule has 0 bridgehead atoms. The van der Waals surface area contributed by atoms with Gasteiger partial charge in [0.2, 0.25) is 0 Å². The maximum atomic E-state index is 13.6. The van der Waals surface area contributed by atoms with Crippen molar-refractivity contribution in [1.82, 2.24) is 15.3 Å². The van der Waals surface area contributed by atoms with E-state index in [4.69, 9.17) is 15.3 Å².